The van der Waals surface area contributed by atoms with Crippen molar-refractivity contribution in [2.45, 2.75) is 19.8 Å². The molecule has 1 saturated heterocycles. The summed E-state index contributed by atoms with van der Waals surface area (Å²) in [5.41, 5.74) is 8.17. The van der Waals surface area contributed by atoms with Crippen LogP contribution in [-0.4, -0.2) is 36.3 Å². The molecule has 0 spiro atoms. The van der Waals surface area contributed by atoms with Crippen LogP contribution in [0.2, 0.25) is 0 Å². The van der Waals surface area contributed by atoms with E-state index in [-0.39, 0.29) is 11.8 Å². The zero-order valence-electron chi connectivity index (χ0n) is 12.3. The first-order chi connectivity index (χ1) is 10.1. The molecule has 2 heterocycles. The van der Waals surface area contributed by atoms with E-state index in [1.54, 1.807) is 6.07 Å². The first-order valence-corrected chi connectivity index (χ1v) is 7.50. The number of carbonyl (C=O) groups excluding carboxylic acids is 2. The number of carbonyl (C=O) groups is 2. The van der Waals surface area contributed by atoms with Crippen molar-refractivity contribution in [1.29, 1.82) is 0 Å². The monoisotopic (exact) mass is 287 g/mol. The van der Waals surface area contributed by atoms with E-state index in [9.17, 15) is 9.59 Å². The van der Waals surface area contributed by atoms with E-state index < -0.39 is 0 Å². The summed E-state index contributed by atoms with van der Waals surface area (Å²) >= 11 is 0. The lowest BCUT2D eigenvalue weighted by atomic mass is 9.87. The van der Waals surface area contributed by atoms with Crippen LogP contribution in [0.5, 0.6) is 0 Å². The summed E-state index contributed by atoms with van der Waals surface area (Å²) in [5.74, 6) is 0.962. The van der Waals surface area contributed by atoms with E-state index in [2.05, 4.69) is 12.2 Å². The summed E-state index contributed by atoms with van der Waals surface area (Å²) in [6.45, 7) is 4.31. The number of piperidine rings is 1. The van der Waals surface area contributed by atoms with E-state index in [1.807, 2.05) is 17.0 Å². The smallest absolute Gasteiger partial charge is 0.253 e. The number of rotatable bonds is 2. The molecule has 2 aliphatic heterocycles. The molecule has 1 aromatic carbocycles. The topological polar surface area (TPSA) is 75.4 Å². The predicted octanol–water partition coefficient (Wildman–Crippen LogP) is 1.24. The Bertz CT molecular complexity index is 585. The molecule has 0 radical (unpaired) electrons. The Kier molecular flexibility index (Phi) is 3.68. The van der Waals surface area contributed by atoms with Gasteiger partial charge in [0.25, 0.3) is 5.91 Å². The third kappa shape index (κ3) is 2.65. The molecule has 0 bridgehead atoms. The summed E-state index contributed by atoms with van der Waals surface area (Å²) in [5, 5.41) is 2.79. The number of fused-ring (bicyclic) bond motifs is 1. The van der Waals surface area contributed by atoms with Gasteiger partial charge in [-0.3, -0.25) is 9.59 Å². The Morgan fingerprint density at radius 1 is 1.48 bits per heavy atom. The average molecular weight is 287 g/mol. The van der Waals surface area contributed by atoms with Crippen LogP contribution in [0.1, 0.15) is 29.3 Å². The molecule has 21 heavy (non-hydrogen) atoms. The lowest BCUT2D eigenvalue weighted by molar-refractivity contribution is -0.115. The van der Waals surface area contributed by atoms with Crippen molar-refractivity contribution in [3.63, 3.8) is 0 Å². The second kappa shape index (κ2) is 5.48. The summed E-state index contributed by atoms with van der Waals surface area (Å²) < 4.78 is 0. The molecule has 0 aliphatic carbocycles. The average Bonchev–Trinajstić information content (AvgIpc) is 2.86. The predicted molar refractivity (Wildman–Crippen MR) is 81.0 cm³/mol. The maximum Gasteiger partial charge on any atom is 0.253 e. The third-order valence-corrected chi connectivity index (χ3v) is 4.69. The molecule has 112 valence electrons. The lowest BCUT2D eigenvalue weighted by Gasteiger charge is -2.36. The second-order valence-corrected chi connectivity index (χ2v) is 6.11. The Morgan fingerprint density at radius 3 is 3.05 bits per heavy atom. The molecular weight excluding hydrogens is 266 g/mol. The minimum atomic E-state index is -0.00964. The van der Waals surface area contributed by atoms with Gasteiger partial charge in [0.05, 0.1) is 6.42 Å². The van der Waals surface area contributed by atoms with Crippen molar-refractivity contribution < 1.29 is 9.59 Å². The van der Waals surface area contributed by atoms with E-state index in [0.717, 1.165) is 30.8 Å². The van der Waals surface area contributed by atoms with E-state index in [0.29, 0.717) is 30.4 Å². The van der Waals surface area contributed by atoms with Gasteiger partial charge < -0.3 is 16.0 Å². The van der Waals surface area contributed by atoms with Gasteiger partial charge in [0.1, 0.15) is 0 Å². The molecule has 1 fully saturated rings. The highest BCUT2D eigenvalue weighted by Crippen LogP contribution is 2.27. The third-order valence-electron chi connectivity index (χ3n) is 4.69. The number of anilines is 1. The van der Waals surface area contributed by atoms with Crippen molar-refractivity contribution in [2.75, 3.05) is 25.0 Å². The van der Waals surface area contributed by atoms with Crippen molar-refractivity contribution in [1.82, 2.24) is 4.90 Å². The summed E-state index contributed by atoms with van der Waals surface area (Å²) in [7, 11) is 0. The second-order valence-electron chi connectivity index (χ2n) is 6.11. The van der Waals surface area contributed by atoms with Gasteiger partial charge in [-0.15, -0.1) is 0 Å². The van der Waals surface area contributed by atoms with Gasteiger partial charge in [-0.05, 0) is 42.5 Å². The zero-order chi connectivity index (χ0) is 15.0. The molecule has 0 aromatic heterocycles. The van der Waals surface area contributed by atoms with Crippen LogP contribution in [0, 0.1) is 11.8 Å². The van der Waals surface area contributed by atoms with Gasteiger partial charge in [0.2, 0.25) is 5.91 Å². The molecular formula is C16H21N3O2. The Hall–Kier alpha value is -1.88. The molecule has 0 saturated carbocycles. The van der Waals surface area contributed by atoms with Crippen LogP contribution in [0.25, 0.3) is 0 Å². The molecule has 2 aliphatic rings. The standard InChI is InChI=1S/C16H21N3O2/c1-10-4-5-19(9-13(10)8-17)16(21)12-3-2-11-7-15(20)18-14(11)6-12/h2-3,6,10,13H,4-5,7-9,17H2,1H3,(H,18,20). The molecule has 2 amide bonds. The highest BCUT2D eigenvalue weighted by molar-refractivity contribution is 6.02. The van der Waals surface area contributed by atoms with Gasteiger partial charge in [-0.2, -0.15) is 0 Å². The first kappa shape index (κ1) is 14.1. The summed E-state index contributed by atoms with van der Waals surface area (Å²) in [4.78, 5) is 25.9. The maximum atomic E-state index is 12.6. The largest absolute Gasteiger partial charge is 0.338 e. The van der Waals surface area contributed by atoms with Crippen molar-refractivity contribution >= 4 is 17.5 Å². The number of nitrogens with zero attached hydrogens (tertiary/aromatic N) is 1. The zero-order valence-corrected chi connectivity index (χ0v) is 12.3. The number of benzene rings is 1. The molecule has 5 nitrogen and oxygen atoms in total. The fourth-order valence-electron chi connectivity index (χ4n) is 3.17. The van der Waals surface area contributed by atoms with Crippen molar-refractivity contribution in [3.8, 4) is 0 Å². The Morgan fingerprint density at radius 2 is 2.29 bits per heavy atom. The van der Waals surface area contributed by atoms with Crippen LogP contribution in [-0.2, 0) is 11.2 Å². The fraction of sp³-hybridized carbons (Fsp3) is 0.500. The normalized spacial score (nSPS) is 24.7. The van der Waals surface area contributed by atoms with E-state index in [1.165, 1.54) is 0 Å². The maximum absolute atomic E-state index is 12.6. The number of nitrogens with two attached hydrogens (primary N) is 1. The van der Waals surface area contributed by atoms with Crippen LogP contribution in [0.15, 0.2) is 18.2 Å². The highest BCUT2D eigenvalue weighted by Gasteiger charge is 2.29. The molecule has 1 aromatic rings. The van der Waals surface area contributed by atoms with Gasteiger partial charge in [0.15, 0.2) is 0 Å². The number of likely N-dealkylation sites (tertiary alicyclic amines) is 1. The highest BCUT2D eigenvalue weighted by atomic mass is 16.2. The summed E-state index contributed by atoms with van der Waals surface area (Å²) in [6.07, 6.45) is 1.40. The van der Waals surface area contributed by atoms with Crippen molar-refractivity contribution in [2.24, 2.45) is 17.6 Å². The van der Waals surface area contributed by atoms with Crippen molar-refractivity contribution in [3.05, 3.63) is 29.3 Å². The van der Waals surface area contributed by atoms with Crippen LogP contribution in [0.3, 0.4) is 0 Å². The minimum absolute atomic E-state index is 0.00964. The SMILES string of the molecule is CC1CCN(C(=O)c2ccc3c(c2)NC(=O)C3)CC1CN. The summed E-state index contributed by atoms with van der Waals surface area (Å²) in [6, 6.07) is 5.47. The van der Waals surface area contributed by atoms with Gasteiger partial charge in [-0.25, -0.2) is 0 Å². The molecule has 2 atom stereocenters. The minimum Gasteiger partial charge on any atom is -0.338 e. The number of nitrogens with one attached hydrogen (secondary N) is 1. The molecule has 3 rings (SSSR count). The van der Waals surface area contributed by atoms with E-state index >= 15 is 0 Å². The number of amides is 2. The Labute approximate surface area is 124 Å². The Balaban J connectivity index is 1.77. The van der Waals surface area contributed by atoms with Gasteiger partial charge in [0, 0.05) is 24.3 Å². The van der Waals surface area contributed by atoms with Gasteiger partial charge in [-0.1, -0.05) is 13.0 Å². The quantitative estimate of drug-likeness (QED) is 0.859. The molecule has 5 heteroatoms. The van der Waals surface area contributed by atoms with Gasteiger partial charge >= 0.3 is 0 Å². The van der Waals surface area contributed by atoms with Crippen LogP contribution >= 0.6 is 0 Å². The first-order valence-electron chi connectivity index (χ1n) is 7.50. The van der Waals surface area contributed by atoms with Crippen LogP contribution < -0.4 is 11.1 Å². The number of hydrogen-bond donors (Lipinski definition) is 2. The van der Waals surface area contributed by atoms with E-state index in [4.69, 9.17) is 5.73 Å². The molecule has 2 unspecified atom stereocenters. The van der Waals surface area contributed by atoms with Crippen LogP contribution in [0.4, 0.5) is 5.69 Å². The number of hydrogen-bond acceptors (Lipinski definition) is 3. The lowest BCUT2D eigenvalue weighted by Crippen LogP contribution is -2.45. The molecule has 3 N–H and O–H groups in total. The fourth-order valence-corrected chi connectivity index (χ4v) is 3.17.